The SMILES string of the molecule is NC(=NCc1ccc(OCC(F)(F)F)cc1)NC1CCOc2ccccc21. The number of nitrogens with two attached hydrogens (primary N) is 1. The molecule has 0 radical (unpaired) electrons. The van der Waals surface area contributed by atoms with Crippen LogP contribution >= 0.6 is 0 Å². The zero-order chi connectivity index (χ0) is 19.3. The van der Waals surface area contributed by atoms with Crippen molar-refractivity contribution in [2.45, 2.75) is 25.2 Å². The molecule has 0 amide bonds. The van der Waals surface area contributed by atoms with E-state index in [-0.39, 0.29) is 11.8 Å². The van der Waals surface area contributed by atoms with E-state index >= 15 is 0 Å². The van der Waals surface area contributed by atoms with Gasteiger partial charge in [-0.3, -0.25) is 0 Å². The Morgan fingerprint density at radius 1 is 1.19 bits per heavy atom. The van der Waals surface area contributed by atoms with Crippen LogP contribution < -0.4 is 20.5 Å². The topological polar surface area (TPSA) is 68.9 Å². The van der Waals surface area contributed by atoms with Gasteiger partial charge in [0.05, 0.1) is 19.2 Å². The molecule has 8 heteroatoms. The second kappa shape index (κ2) is 8.20. The van der Waals surface area contributed by atoms with Crippen LogP contribution in [0.1, 0.15) is 23.6 Å². The zero-order valence-electron chi connectivity index (χ0n) is 14.5. The lowest BCUT2D eigenvalue weighted by molar-refractivity contribution is -0.153. The second-order valence-electron chi connectivity index (χ2n) is 6.12. The molecule has 2 aromatic carbocycles. The van der Waals surface area contributed by atoms with Gasteiger partial charge in [0.15, 0.2) is 12.6 Å². The lowest BCUT2D eigenvalue weighted by Gasteiger charge is -2.26. The molecule has 0 aliphatic carbocycles. The fourth-order valence-electron chi connectivity index (χ4n) is 2.75. The van der Waals surface area contributed by atoms with Gasteiger partial charge in [-0.15, -0.1) is 0 Å². The predicted octanol–water partition coefficient (Wildman–Crippen LogP) is 3.56. The van der Waals surface area contributed by atoms with Crippen molar-refractivity contribution < 1.29 is 22.6 Å². The van der Waals surface area contributed by atoms with E-state index in [0.717, 1.165) is 23.3 Å². The predicted molar refractivity (Wildman–Crippen MR) is 95.7 cm³/mol. The van der Waals surface area contributed by atoms with Crippen molar-refractivity contribution >= 4 is 5.96 Å². The van der Waals surface area contributed by atoms with Gasteiger partial charge in [-0.25, -0.2) is 4.99 Å². The number of alkyl halides is 3. The molecule has 1 aliphatic rings. The monoisotopic (exact) mass is 379 g/mol. The highest BCUT2D eigenvalue weighted by atomic mass is 19.4. The third-order valence-corrected chi connectivity index (χ3v) is 4.04. The van der Waals surface area contributed by atoms with Crippen LogP contribution in [0.15, 0.2) is 53.5 Å². The van der Waals surface area contributed by atoms with Crippen LogP contribution in [0.4, 0.5) is 13.2 Å². The van der Waals surface area contributed by atoms with E-state index < -0.39 is 12.8 Å². The number of nitrogens with zero attached hydrogens (tertiary/aromatic N) is 1. The molecule has 0 spiro atoms. The standard InChI is InChI=1S/C19H20F3N3O2/c20-19(21,22)12-27-14-7-5-13(6-8-14)11-24-18(23)25-16-9-10-26-17-4-2-1-3-15(16)17/h1-8,16H,9-12H2,(H3,23,24,25). The van der Waals surface area contributed by atoms with Crippen molar-refractivity contribution in [3.63, 3.8) is 0 Å². The second-order valence-corrected chi connectivity index (χ2v) is 6.12. The van der Waals surface area contributed by atoms with E-state index in [1.54, 1.807) is 12.1 Å². The van der Waals surface area contributed by atoms with Crippen molar-refractivity contribution in [1.82, 2.24) is 5.32 Å². The average Bonchev–Trinajstić information content (AvgIpc) is 2.65. The minimum Gasteiger partial charge on any atom is -0.493 e. The van der Waals surface area contributed by atoms with Gasteiger partial charge in [0.25, 0.3) is 0 Å². The molecule has 3 rings (SSSR count). The molecule has 2 aromatic rings. The van der Waals surface area contributed by atoms with E-state index in [9.17, 15) is 13.2 Å². The van der Waals surface area contributed by atoms with Crippen molar-refractivity contribution in [3.05, 3.63) is 59.7 Å². The maximum Gasteiger partial charge on any atom is 0.422 e. The molecule has 27 heavy (non-hydrogen) atoms. The number of halogens is 3. The molecular formula is C19H20F3N3O2. The Bertz CT molecular complexity index is 792. The summed E-state index contributed by atoms with van der Waals surface area (Å²) in [6.07, 6.45) is -3.58. The molecule has 0 saturated heterocycles. The summed E-state index contributed by atoms with van der Waals surface area (Å²) in [5.74, 6) is 1.29. The minimum atomic E-state index is -4.36. The number of benzene rings is 2. The number of nitrogens with one attached hydrogen (secondary N) is 1. The van der Waals surface area contributed by atoms with Crippen molar-refractivity contribution in [1.29, 1.82) is 0 Å². The first-order valence-corrected chi connectivity index (χ1v) is 8.47. The summed E-state index contributed by atoms with van der Waals surface area (Å²) in [7, 11) is 0. The number of hydrogen-bond acceptors (Lipinski definition) is 3. The van der Waals surface area contributed by atoms with Gasteiger partial charge in [-0.05, 0) is 23.8 Å². The first-order chi connectivity index (χ1) is 12.9. The maximum atomic E-state index is 12.1. The van der Waals surface area contributed by atoms with Gasteiger partial charge in [0.1, 0.15) is 11.5 Å². The number of rotatable bonds is 5. The number of hydrogen-bond donors (Lipinski definition) is 2. The van der Waals surface area contributed by atoms with Gasteiger partial charge in [-0.1, -0.05) is 30.3 Å². The van der Waals surface area contributed by atoms with Gasteiger partial charge in [0, 0.05) is 12.0 Å². The largest absolute Gasteiger partial charge is 0.493 e. The van der Waals surface area contributed by atoms with Crippen LogP contribution in [0.5, 0.6) is 11.5 Å². The highest BCUT2D eigenvalue weighted by molar-refractivity contribution is 5.78. The number of aliphatic imine (C=N–C) groups is 1. The van der Waals surface area contributed by atoms with Gasteiger partial charge >= 0.3 is 6.18 Å². The van der Waals surface area contributed by atoms with Crippen LogP contribution in [0, 0.1) is 0 Å². The summed E-state index contributed by atoms with van der Waals surface area (Å²) in [6.45, 7) is -0.404. The van der Waals surface area contributed by atoms with E-state index in [0.29, 0.717) is 19.1 Å². The summed E-state index contributed by atoms with van der Waals surface area (Å²) in [4.78, 5) is 4.30. The summed E-state index contributed by atoms with van der Waals surface area (Å²) in [6, 6.07) is 14.1. The first kappa shape index (κ1) is 18.9. The molecule has 1 heterocycles. The van der Waals surface area contributed by atoms with E-state index in [4.69, 9.17) is 10.5 Å². The van der Waals surface area contributed by atoms with Gasteiger partial charge in [-0.2, -0.15) is 13.2 Å². The molecule has 0 saturated carbocycles. The smallest absolute Gasteiger partial charge is 0.422 e. The molecule has 1 unspecified atom stereocenters. The van der Waals surface area contributed by atoms with E-state index in [1.807, 2.05) is 24.3 Å². The molecular weight excluding hydrogens is 359 g/mol. The van der Waals surface area contributed by atoms with Gasteiger partial charge < -0.3 is 20.5 Å². The molecule has 1 atom stereocenters. The Morgan fingerprint density at radius 2 is 1.93 bits per heavy atom. The van der Waals surface area contributed by atoms with Crippen LogP contribution in [0.3, 0.4) is 0 Å². The normalized spacial score (nSPS) is 17.0. The van der Waals surface area contributed by atoms with Gasteiger partial charge in [0.2, 0.25) is 0 Å². The third kappa shape index (κ3) is 5.54. The lowest BCUT2D eigenvalue weighted by Crippen LogP contribution is -2.37. The summed E-state index contributed by atoms with van der Waals surface area (Å²) in [5, 5.41) is 3.19. The average molecular weight is 379 g/mol. The fourth-order valence-corrected chi connectivity index (χ4v) is 2.75. The Kier molecular flexibility index (Phi) is 5.73. The van der Waals surface area contributed by atoms with Crippen LogP contribution in [0.25, 0.3) is 0 Å². The fraction of sp³-hybridized carbons (Fsp3) is 0.316. The van der Waals surface area contributed by atoms with Crippen molar-refractivity contribution in [2.24, 2.45) is 10.7 Å². The quantitative estimate of drug-likeness (QED) is 0.616. The van der Waals surface area contributed by atoms with Crippen LogP contribution in [-0.2, 0) is 6.54 Å². The van der Waals surface area contributed by atoms with Crippen LogP contribution in [0.2, 0.25) is 0 Å². The summed E-state index contributed by atoms with van der Waals surface area (Å²) >= 11 is 0. The molecule has 1 aliphatic heterocycles. The third-order valence-electron chi connectivity index (χ3n) is 4.04. The number of para-hydroxylation sites is 1. The van der Waals surface area contributed by atoms with E-state index in [1.165, 1.54) is 12.1 Å². The van der Waals surface area contributed by atoms with Crippen LogP contribution in [-0.4, -0.2) is 25.3 Å². The molecule has 3 N–H and O–H groups in total. The highest BCUT2D eigenvalue weighted by Gasteiger charge is 2.28. The van der Waals surface area contributed by atoms with Crippen molar-refractivity contribution in [2.75, 3.05) is 13.2 Å². The highest BCUT2D eigenvalue weighted by Crippen LogP contribution is 2.31. The van der Waals surface area contributed by atoms with E-state index in [2.05, 4.69) is 15.0 Å². The molecule has 144 valence electrons. The zero-order valence-corrected chi connectivity index (χ0v) is 14.5. The maximum absolute atomic E-state index is 12.1. The first-order valence-electron chi connectivity index (χ1n) is 8.47. The Hall–Kier alpha value is -2.90. The Balaban J connectivity index is 1.55. The Labute approximate surface area is 155 Å². The molecule has 0 aromatic heterocycles. The number of fused-ring (bicyclic) bond motifs is 1. The summed E-state index contributed by atoms with van der Waals surface area (Å²) in [5.41, 5.74) is 7.83. The molecule has 5 nitrogen and oxygen atoms in total. The molecule has 0 fully saturated rings. The minimum absolute atomic E-state index is 0.0249. The summed E-state index contributed by atoms with van der Waals surface area (Å²) < 4.78 is 46.7. The number of ether oxygens (including phenoxy) is 2. The molecule has 0 bridgehead atoms. The Morgan fingerprint density at radius 3 is 2.67 bits per heavy atom. The lowest BCUT2D eigenvalue weighted by atomic mass is 10.0. The number of guanidine groups is 1. The van der Waals surface area contributed by atoms with Crippen molar-refractivity contribution in [3.8, 4) is 11.5 Å².